The average Bonchev–Trinajstić information content (AvgIpc) is 2.87. The highest BCUT2D eigenvalue weighted by molar-refractivity contribution is 7.93. The molecule has 1 saturated carbocycles. The van der Waals surface area contributed by atoms with Crippen LogP contribution in [0.1, 0.15) is 62.5 Å². The number of sulfonamides is 1. The molecule has 2 atom stereocenters. The van der Waals surface area contributed by atoms with E-state index in [0.717, 1.165) is 36.0 Å². The zero-order valence-corrected chi connectivity index (χ0v) is 22.5. The van der Waals surface area contributed by atoms with Gasteiger partial charge < -0.3 is 15.0 Å². The van der Waals surface area contributed by atoms with Crippen LogP contribution in [0.25, 0.3) is 11.3 Å². The van der Waals surface area contributed by atoms with E-state index in [9.17, 15) is 13.2 Å². The van der Waals surface area contributed by atoms with Gasteiger partial charge in [0.2, 0.25) is 21.9 Å². The Hall–Kier alpha value is -2.88. The molecule has 1 saturated heterocycles. The third-order valence-corrected chi connectivity index (χ3v) is 9.61. The summed E-state index contributed by atoms with van der Waals surface area (Å²) in [5.41, 5.74) is 3.59. The predicted molar refractivity (Wildman–Crippen MR) is 143 cm³/mol. The number of fused-ring (bicyclic) bond motifs is 4. The Labute approximate surface area is 219 Å². The van der Waals surface area contributed by atoms with E-state index in [1.54, 1.807) is 11.0 Å². The van der Waals surface area contributed by atoms with E-state index in [0.29, 0.717) is 31.0 Å². The number of urea groups is 1. The van der Waals surface area contributed by atoms with Crippen molar-refractivity contribution in [2.24, 2.45) is 5.92 Å². The van der Waals surface area contributed by atoms with Crippen molar-refractivity contribution in [3.63, 3.8) is 0 Å². The van der Waals surface area contributed by atoms with Gasteiger partial charge in [-0.25, -0.2) is 18.2 Å². The number of carbonyl (C=O) groups excluding carboxylic acids is 1. The molecule has 2 aromatic rings. The molecule has 1 aliphatic carbocycles. The fraction of sp³-hybridized carbons (Fsp3) is 0.593. The van der Waals surface area contributed by atoms with E-state index in [2.05, 4.69) is 20.0 Å². The third kappa shape index (κ3) is 6.00. The van der Waals surface area contributed by atoms with Crippen LogP contribution < -0.4 is 14.8 Å². The van der Waals surface area contributed by atoms with E-state index < -0.39 is 15.3 Å². The fourth-order valence-corrected chi connectivity index (χ4v) is 7.29. The minimum Gasteiger partial charge on any atom is -0.475 e. The smallest absolute Gasteiger partial charge is 0.317 e. The molecule has 2 fully saturated rings. The summed E-state index contributed by atoms with van der Waals surface area (Å²) < 4.78 is 35.5. The molecule has 1 aromatic heterocycles. The highest BCUT2D eigenvalue weighted by atomic mass is 32.2. The van der Waals surface area contributed by atoms with E-state index in [4.69, 9.17) is 4.74 Å². The standard InChI is InChI=1S/C27H37N5O4S/c1-18-8-6-9-19(2)25(18)23-15-24-30-26(29-23)31-37(34,35)22-12-7-13-32(16-22)27(33)28-21(17-36-24)14-20-10-4-3-5-11-20/h6,8-9,15,20-22H,3-5,7,10-14,16-17H2,1-2H3,(H,28,33)(H,29,30,31)/t21-,22+/m1/s1. The normalized spacial score (nSPS) is 24.5. The lowest BCUT2D eigenvalue weighted by molar-refractivity contribution is 0.167. The Balaban J connectivity index is 1.52. The van der Waals surface area contributed by atoms with Gasteiger partial charge in [-0.15, -0.1) is 0 Å². The van der Waals surface area contributed by atoms with Gasteiger partial charge in [0.1, 0.15) is 6.61 Å². The highest BCUT2D eigenvalue weighted by Gasteiger charge is 2.35. The SMILES string of the molecule is Cc1cccc(C)c1-c1cc2nc(n1)NS(=O)(=O)[C@H]1CCCN(C1)C(=O)N[C@H](CC1CCCCC1)CO2. The predicted octanol–water partition coefficient (Wildman–Crippen LogP) is 4.41. The van der Waals surface area contributed by atoms with Crippen molar-refractivity contribution in [1.29, 1.82) is 0 Å². The lowest BCUT2D eigenvalue weighted by Gasteiger charge is -2.34. The quantitative estimate of drug-likeness (QED) is 0.611. The van der Waals surface area contributed by atoms with Gasteiger partial charge in [0.25, 0.3) is 0 Å². The van der Waals surface area contributed by atoms with Crippen molar-refractivity contribution in [2.75, 3.05) is 24.4 Å². The molecule has 4 bridgehead atoms. The zero-order valence-electron chi connectivity index (χ0n) is 21.7. The topological polar surface area (TPSA) is 114 Å². The van der Waals surface area contributed by atoms with Crippen molar-refractivity contribution in [1.82, 2.24) is 20.2 Å². The van der Waals surface area contributed by atoms with E-state index in [-0.39, 0.29) is 37.1 Å². The number of aryl methyl sites for hydroxylation is 2. The maximum Gasteiger partial charge on any atom is 0.317 e. The van der Waals surface area contributed by atoms with Crippen LogP contribution in [0.15, 0.2) is 24.3 Å². The maximum absolute atomic E-state index is 13.3. The van der Waals surface area contributed by atoms with Gasteiger partial charge >= 0.3 is 6.03 Å². The van der Waals surface area contributed by atoms with E-state index in [1.165, 1.54) is 19.3 Å². The van der Waals surface area contributed by atoms with Crippen LogP contribution in [0.3, 0.4) is 0 Å². The summed E-state index contributed by atoms with van der Waals surface area (Å²) in [4.78, 5) is 23.9. The number of nitrogens with zero attached hydrogens (tertiary/aromatic N) is 3. The molecule has 2 amide bonds. The monoisotopic (exact) mass is 527 g/mol. The van der Waals surface area contributed by atoms with Crippen LogP contribution in [0.2, 0.25) is 0 Å². The minimum atomic E-state index is -3.82. The number of hydrogen-bond acceptors (Lipinski definition) is 6. The summed E-state index contributed by atoms with van der Waals surface area (Å²) in [5, 5.41) is 2.43. The molecule has 2 N–H and O–H groups in total. The maximum atomic E-state index is 13.3. The number of ether oxygens (including phenoxy) is 1. The number of nitrogens with one attached hydrogen (secondary N) is 2. The molecule has 1 aromatic carbocycles. The first-order valence-electron chi connectivity index (χ1n) is 13.4. The summed E-state index contributed by atoms with van der Waals surface area (Å²) in [6.07, 6.45) is 7.97. The van der Waals surface area contributed by atoms with E-state index >= 15 is 0 Å². The van der Waals surface area contributed by atoms with Gasteiger partial charge in [-0.3, -0.25) is 4.72 Å². The first kappa shape index (κ1) is 25.8. The molecule has 3 heterocycles. The second kappa shape index (κ2) is 10.8. The van der Waals surface area contributed by atoms with Crippen molar-refractivity contribution in [3.05, 3.63) is 35.4 Å². The fourth-order valence-electron chi connectivity index (χ4n) is 5.92. The molecular formula is C27H37N5O4S. The first-order valence-corrected chi connectivity index (χ1v) is 15.0. The van der Waals surface area contributed by atoms with Gasteiger partial charge in [0, 0.05) is 24.7 Å². The van der Waals surface area contributed by atoms with Crippen LogP contribution >= 0.6 is 0 Å². The summed E-state index contributed by atoms with van der Waals surface area (Å²) in [5.74, 6) is 0.825. The first-order chi connectivity index (χ1) is 17.8. The molecule has 200 valence electrons. The lowest BCUT2D eigenvalue weighted by atomic mass is 9.85. The van der Waals surface area contributed by atoms with Gasteiger partial charge in [0.05, 0.1) is 17.0 Å². The number of carbonyl (C=O) groups is 1. The minimum absolute atomic E-state index is 0.00496. The second-order valence-corrected chi connectivity index (χ2v) is 12.7. The zero-order chi connectivity index (χ0) is 26.0. The summed E-state index contributed by atoms with van der Waals surface area (Å²) >= 11 is 0. The number of benzene rings is 1. The van der Waals surface area contributed by atoms with Crippen LogP contribution in [-0.2, 0) is 10.0 Å². The second-order valence-electron chi connectivity index (χ2n) is 10.7. The number of piperidine rings is 1. The molecule has 0 radical (unpaired) electrons. The lowest BCUT2D eigenvalue weighted by Crippen LogP contribution is -2.53. The van der Waals surface area contributed by atoms with Gasteiger partial charge in [-0.1, -0.05) is 50.3 Å². The molecule has 37 heavy (non-hydrogen) atoms. The third-order valence-electron chi connectivity index (χ3n) is 7.88. The molecule has 3 aliphatic rings. The summed E-state index contributed by atoms with van der Waals surface area (Å²) in [6.45, 7) is 4.94. The molecule has 5 rings (SSSR count). The van der Waals surface area contributed by atoms with Gasteiger partial charge in [0.15, 0.2) is 0 Å². The number of anilines is 1. The summed E-state index contributed by atoms with van der Waals surface area (Å²) in [6, 6.07) is 7.33. The Bertz CT molecular complexity index is 1230. The number of aromatic nitrogens is 2. The van der Waals surface area contributed by atoms with Gasteiger partial charge in [-0.05, 0) is 50.2 Å². The Morgan fingerprint density at radius 3 is 2.57 bits per heavy atom. The van der Waals surface area contributed by atoms with E-state index in [1.807, 2.05) is 32.0 Å². The molecule has 9 nitrogen and oxygen atoms in total. The van der Waals surface area contributed by atoms with Crippen LogP contribution in [0.4, 0.5) is 10.7 Å². The van der Waals surface area contributed by atoms with Gasteiger partial charge in [-0.2, -0.15) is 4.98 Å². The Kier molecular flexibility index (Phi) is 7.55. The van der Waals surface area contributed by atoms with Crippen molar-refractivity contribution < 1.29 is 17.9 Å². The number of amides is 2. The molecule has 0 spiro atoms. The van der Waals surface area contributed by atoms with Crippen LogP contribution in [-0.4, -0.2) is 60.3 Å². The largest absolute Gasteiger partial charge is 0.475 e. The highest BCUT2D eigenvalue weighted by Crippen LogP contribution is 2.31. The van der Waals surface area contributed by atoms with Crippen molar-refractivity contribution in [2.45, 2.75) is 76.5 Å². The number of rotatable bonds is 3. The van der Waals surface area contributed by atoms with Crippen LogP contribution in [0.5, 0.6) is 5.88 Å². The summed E-state index contributed by atoms with van der Waals surface area (Å²) in [7, 11) is -3.82. The Morgan fingerprint density at radius 2 is 1.81 bits per heavy atom. The van der Waals surface area contributed by atoms with Crippen LogP contribution in [0, 0.1) is 19.8 Å². The molecule has 2 aliphatic heterocycles. The average molecular weight is 528 g/mol. The van der Waals surface area contributed by atoms with Crippen molar-refractivity contribution in [3.8, 4) is 17.1 Å². The molecular weight excluding hydrogens is 490 g/mol. The number of hydrogen-bond donors (Lipinski definition) is 2. The molecule has 10 heteroatoms. The Morgan fingerprint density at radius 1 is 1.05 bits per heavy atom. The molecule has 0 unspecified atom stereocenters. The van der Waals surface area contributed by atoms with Crippen molar-refractivity contribution >= 4 is 22.0 Å².